The molecule has 16 heavy (non-hydrogen) atoms. The smallest absolute Gasteiger partial charge is 0.150 e. The Morgan fingerprint density at radius 2 is 1.25 bits per heavy atom. The highest BCUT2D eigenvalue weighted by molar-refractivity contribution is 5.73. The number of carbonyl (C=O) groups is 1. The molecular formula is C14H13NO. The van der Waals surface area contributed by atoms with Crippen LogP contribution in [0.5, 0.6) is 0 Å². The zero-order valence-electron chi connectivity index (χ0n) is 8.86. The van der Waals surface area contributed by atoms with Gasteiger partial charge in [0.15, 0.2) is 0 Å². The van der Waals surface area contributed by atoms with E-state index in [0.717, 1.165) is 6.29 Å². The predicted octanol–water partition coefficient (Wildman–Crippen LogP) is 3.14. The maximum atomic E-state index is 10.7. The fourth-order valence-corrected chi connectivity index (χ4v) is 0.973. The molecule has 1 aromatic heterocycles. The van der Waals surface area contributed by atoms with Crippen LogP contribution in [0.2, 0.25) is 0 Å². The maximum Gasteiger partial charge on any atom is 0.150 e. The van der Waals surface area contributed by atoms with E-state index in [4.69, 9.17) is 0 Å². The van der Waals surface area contributed by atoms with Gasteiger partial charge in [0.25, 0.3) is 0 Å². The summed E-state index contributed by atoms with van der Waals surface area (Å²) >= 11 is 0. The average Bonchev–Trinajstić information content (AvgIpc) is 2.32. The van der Waals surface area contributed by atoms with Crippen molar-refractivity contribution in [2.24, 2.45) is 0 Å². The number of carbonyl (C=O) groups excluding carboxylic acids is 1. The molecule has 1 rings (SSSR count). The summed E-state index contributed by atoms with van der Waals surface area (Å²) in [5.74, 6) is 0. The minimum Gasteiger partial charge on any atom is -0.298 e. The lowest BCUT2D eigenvalue weighted by atomic mass is 10.3. The summed E-state index contributed by atoms with van der Waals surface area (Å²) in [6.07, 6.45) is 4.17. The molecule has 0 aliphatic rings. The van der Waals surface area contributed by atoms with E-state index in [2.05, 4.69) is 4.98 Å². The fraction of sp³-hybridized carbons (Fsp3) is 0. The van der Waals surface area contributed by atoms with Gasteiger partial charge in [-0.15, -0.1) is 0 Å². The third kappa shape index (κ3) is 5.50. The molecule has 1 heterocycles. The Bertz CT molecular complexity index is 405. The van der Waals surface area contributed by atoms with Crippen molar-refractivity contribution in [3.8, 4) is 0 Å². The molecule has 0 radical (unpaired) electrons. The van der Waals surface area contributed by atoms with E-state index >= 15 is 0 Å². The average molecular weight is 211 g/mol. The van der Waals surface area contributed by atoms with Gasteiger partial charge in [0.1, 0.15) is 6.29 Å². The van der Waals surface area contributed by atoms with Crippen LogP contribution in [-0.4, -0.2) is 11.3 Å². The minimum absolute atomic E-state index is 0.617. The Hall–Kier alpha value is -2.22. The second kappa shape index (κ2) is 8.12. The first-order valence-electron chi connectivity index (χ1n) is 4.95. The lowest BCUT2D eigenvalue weighted by molar-refractivity contribution is 0.112. The molecular weight excluding hydrogens is 198 g/mol. The highest BCUT2D eigenvalue weighted by Gasteiger charge is 1.77. The molecule has 0 atom stereocenters. The first kappa shape index (κ1) is 11.9. The predicted molar refractivity (Wildman–Crippen MR) is 64.9 cm³/mol. The molecule has 0 saturated heterocycles. The van der Waals surface area contributed by atoms with E-state index in [9.17, 15) is 4.79 Å². The van der Waals surface area contributed by atoms with Crippen LogP contribution in [0.4, 0.5) is 0 Å². The Morgan fingerprint density at radius 3 is 1.94 bits per heavy atom. The van der Waals surface area contributed by atoms with Crippen molar-refractivity contribution in [1.29, 1.82) is 0 Å². The van der Waals surface area contributed by atoms with Gasteiger partial charge in [-0.1, -0.05) is 48.5 Å². The van der Waals surface area contributed by atoms with Gasteiger partial charge in [0.05, 0.1) is 0 Å². The molecule has 0 saturated carbocycles. The number of hydrogen-bond acceptors (Lipinski definition) is 2. The van der Waals surface area contributed by atoms with Crippen LogP contribution in [0.15, 0.2) is 73.1 Å². The van der Waals surface area contributed by atoms with E-state index in [1.807, 2.05) is 36.4 Å². The van der Waals surface area contributed by atoms with Crippen LogP contribution in [-0.2, 0) is 0 Å². The lowest BCUT2D eigenvalue weighted by Gasteiger charge is -1.78. The van der Waals surface area contributed by atoms with Crippen molar-refractivity contribution in [3.63, 3.8) is 0 Å². The molecule has 0 fully saturated rings. The van der Waals surface area contributed by atoms with E-state index < -0.39 is 0 Å². The standard InChI is InChI=1S/C14H13NO/c16-13-14-9-5-3-1-2-4-7-11-15-12-8-6-10-14/h1-13H. The van der Waals surface area contributed by atoms with Crippen LogP contribution < -0.4 is 0 Å². The molecule has 0 spiro atoms. The molecule has 0 aliphatic carbocycles. The van der Waals surface area contributed by atoms with Gasteiger partial charge in [-0.25, -0.2) is 0 Å². The fourth-order valence-electron chi connectivity index (χ4n) is 0.973. The number of aromatic nitrogens is 1. The Kier molecular flexibility index (Phi) is 6.01. The van der Waals surface area contributed by atoms with Gasteiger partial charge >= 0.3 is 0 Å². The first-order chi connectivity index (χ1) is 7.93. The monoisotopic (exact) mass is 211 g/mol. The summed E-state index contributed by atoms with van der Waals surface area (Å²) in [6, 6.07) is 18.2. The highest BCUT2D eigenvalue weighted by Crippen LogP contribution is 1.88. The summed E-state index contributed by atoms with van der Waals surface area (Å²) in [7, 11) is 0. The molecule has 0 aromatic carbocycles. The number of rotatable bonds is 1. The zero-order valence-corrected chi connectivity index (χ0v) is 8.86. The minimum atomic E-state index is 0.617. The van der Waals surface area contributed by atoms with E-state index in [1.165, 1.54) is 0 Å². The van der Waals surface area contributed by atoms with Gasteiger partial charge in [0, 0.05) is 18.0 Å². The van der Waals surface area contributed by atoms with Crippen molar-refractivity contribution in [2.45, 2.75) is 0 Å². The molecule has 2 nitrogen and oxygen atoms in total. The zero-order chi connectivity index (χ0) is 11.5. The molecule has 1 aromatic rings. The summed E-state index contributed by atoms with van der Waals surface area (Å²) < 4.78 is 0. The molecule has 2 heteroatoms. The van der Waals surface area contributed by atoms with Crippen molar-refractivity contribution < 1.29 is 4.79 Å². The van der Waals surface area contributed by atoms with Crippen molar-refractivity contribution >= 4 is 6.29 Å². The summed E-state index contributed by atoms with van der Waals surface area (Å²) in [5.41, 5.74) is 0.617. The molecule has 80 valence electrons. The second-order valence-corrected chi connectivity index (χ2v) is 2.94. The molecule has 0 aliphatic heterocycles. The van der Waals surface area contributed by atoms with Crippen LogP contribution in [0.3, 0.4) is 0 Å². The summed E-state index contributed by atoms with van der Waals surface area (Å²) in [5, 5.41) is 0. The highest BCUT2D eigenvalue weighted by atomic mass is 16.1. The van der Waals surface area contributed by atoms with Crippen LogP contribution in [0.1, 0.15) is 10.4 Å². The van der Waals surface area contributed by atoms with E-state index in [1.54, 1.807) is 36.7 Å². The molecule has 0 bridgehead atoms. The third-order valence-corrected chi connectivity index (χ3v) is 1.72. The quantitative estimate of drug-likeness (QED) is 0.668. The Balaban J connectivity index is 3.18. The van der Waals surface area contributed by atoms with Crippen molar-refractivity contribution in [2.75, 3.05) is 0 Å². The Morgan fingerprint density at radius 1 is 0.750 bits per heavy atom. The largest absolute Gasteiger partial charge is 0.298 e. The molecule has 0 unspecified atom stereocenters. The van der Waals surface area contributed by atoms with E-state index in [0.29, 0.717) is 5.56 Å². The van der Waals surface area contributed by atoms with Crippen LogP contribution in [0.25, 0.3) is 0 Å². The number of aldehydes is 1. The number of hydrogen-bond donors (Lipinski definition) is 0. The molecule has 0 amide bonds. The van der Waals surface area contributed by atoms with Gasteiger partial charge < -0.3 is 0 Å². The lowest BCUT2D eigenvalue weighted by Crippen LogP contribution is -1.70. The van der Waals surface area contributed by atoms with Gasteiger partial charge in [-0.3, -0.25) is 9.78 Å². The summed E-state index contributed by atoms with van der Waals surface area (Å²) in [6.45, 7) is 0. The first-order valence-corrected chi connectivity index (χ1v) is 4.95. The van der Waals surface area contributed by atoms with Crippen molar-refractivity contribution in [1.82, 2.24) is 4.98 Å². The van der Waals surface area contributed by atoms with Crippen molar-refractivity contribution in [3.05, 3.63) is 78.6 Å². The molecule has 0 N–H and O–H groups in total. The number of nitrogens with zero attached hydrogens (tertiary/aromatic N) is 1. The van der Waals surface area contributed by atoms with Gasteiger partial charge in [-0.05, 0) is 12.1 Å². The van der Waals surface area contributed by atoms with Gasteiger partial charge in [-0.2, -0.15) is 0 Å². The van der Waals surface area contributed by atoms with Crippen LogP contribution in [0, 0.1) is 0 Å². The third-order valence-electron chi connectivity index (χ3n) is 1.72. The normalized spacial score (nSPS) is 8.25. The SMILES string of the molecule is O=Cc1ccccccccncccc1. The Labute approximate surface area is 95.3 Å². The summed E-state index contributed by atoms with van der Waals surface area (Å²) in [4.78, 5) is 14.7. The second-order valence-electron chi connectivity index (χ2n) is 2.94. The van der Waals surface area contributed by atoms with Gasteiger partial charge in [0.2, 0.25) is 0 Å². The topological polar surface area (TPSA) is 30.0 Å². The maximum absolute atomic E-state index is 10.7. The van der Waals surface area contributed by atoms with Crippen LogP contribution >= 0.6 is 0 Å². The van der Waals surface area contributed by atoms with E-state index in [-0.39, 0.29) is 0 Å².